The molecule has 2 rings (SSSR count). The zero-order chi connectivity index (χ0) is 10.8. The molecule has 0 fully saturated rings. The molecule has 94 valence electrons. The van der Waals surface area contributed by atoms with Crippen LogP contribution in [-0.4, -0.2) is 33.1 Å². The third kappa shape index (κ3) is 3.04. The maximum Gasteiger partial charge on any atom is 0.320 e. The first-order valence-electron chi connectivity index (χ1n) is 4.72. The fourth-order valence-electron chi connectivity index (χ4n) is 1.62. The maximum absolute atomic E-state index is 10.6. The van der Waals surface area contributed by atoms with Gasteiger partial charge in [-0.25, -0.2) is 0 Å². The molecule has 0 aliphatic heterocycles. The summed E-state index contributed by atoms with van der Waals surface area (Å²) >= 11 is 0. The number of hydrogen-bond donors (Lipinski definition) is 3. The normalized spacial score (nSPS) is 11.4. The van der Waals surface area contributed by atoms with Gasteiger partial charge in [0.15, 0.2) is 0 Å². The standard InChI is InChI=1S/C11H12N2O2.2H2O/c12-9(11(14)15)5-7-6-13-10-4-2-1-3-8(7)10;;/h1-4,6,9,13H,5,12H2,(H,14,15);2*1H2/t9-;;/m0../s1. The number of aromatic nitrogens is 1. The van der Waals surface area contributed by atoms with E-state index >= 15 is 0 Å². The molecule has 1 atom stereocenters. The highest BCUT2D eigenvalue weighted by molar-refractivity contribution is 5.84. The van der Waals surface area contributed by atoms with Gasteiger partial charge in [-0.1, -0.05) is 18.2 Å². The van der Waals surface area contributed by atoms with Crippen molar-refractivity contribution < 1.29 is 20.9 Å². The Morgan fingerprint density at radius 1 is 1.35 bits per heavy atom. The molecule has 0 unspecified atom stereocenters. The molecule has 1 heterocycles. The quantitative estimate of drug-likeness (QED) is 0.663. The van der Waals surface area contributed by atoms with Crippen molar-refractivity contribution >= 4 is 16.9 Å². The van der Waals surface area contributed by atoms with E-state index in [1.807, 2.05) is 30.5 Å². The van der Waals surface area contributed by atoms with Crippen molar-refractivity contribution in [1.82, 2.24) is 4.98 Å². The predicted octanol–water partition coefficient (Wildman–Crippen LogP) is -0.527. The Hall–Kier alpha value is -1.89. The van der Waals surface area contributed by atoms with Gasteiger partial charge in [0.25, 0.3) is 0 Å². The Morgan fingerprint density at radius 2 is 2.00 bits per heavy atom. The summed E-state index contributed by atoms with van der Waals surface area (Å²) in [5.41, 5.74) is 7.43. The van der Waals surface area contributed by atoms with Crippen LogP contribution >= 0.6 is 0 Å². The molecule has 2 aromatic rings. The average Bonchev–Trinajstić information content (AvgIpc) is 2.62. The molecule has 0 aliphatic rings. The summed E-state index contributed by atoms with van der Waals surface area (Å²) in [5, 5.41) is 9.75. The summed E-state index contributed by atoms with van der Waals surface area (Å²) < 4.78 is 0. The molecule has 8 N–H and O–H groups in total. The zero-order valence-electron chi connectivity index (χ0n) is 9.10. The third-order valence-corrected chi connectivity index (χ3v) is 2.43. The number of aliphatic carboxylic acids is 1. The van der Waals surface area contributed by atoms with Gasteiger partial charge in [0.05, 0.1) is 0 Å². The van der Waals surface area contributed by atoms with Crippen LogP contribution in [0.1, 0.15) is 5.56 Å². The van der Waals surface area contributed by atoms with Crippen molar-refractivity contribution in [3.63, 3.8) is 0 Å². The Morgan fingerprint density at radius 3 is 2.65 bits per heavy atom. The molecule has 0 spiro atoms. The molecular weight excluding hydrogens is 224 g/mol. The lowest BCUT2D eigenvalue weighted by atomic mass is 10.1. The molecule has 0 saturated heterocycles. The van der Waals surface area contributed by atoms with Crippen LogP contribution in [-0.2, 0) is 11.2 Å². The number of nitrogens with one attached hydrogen (secondary N) is 1. The molecular formula is C11H16N2O4. The molecule has 0 saturated carbocycles. The van der Waals surface area contributed by atoms with Crippen LogP contribution in [0.15, 0.2) is 30.5 Å². The number of carboxylic acids is 1. The van der Waals surface area contributed by atoms with Gasteiger partial charge in [-0.15, -0.1) is 0 Å². The Bertz CT molecular complexity index is 495. The largest absolute Gasteiger partial charge is 0.480 e. The molecule has 1 aromatic carbocycles. The summed E-state index contributed by atoms with van der Waals surface area (Å²) in [6, 6.07) is 6.91. The van der Waals surface area contributed by atoms with Crippen LogP contribution in [0.4, 0.5) is 0 Å². The summed E-state index contributed by atoms with van der Waals surface area (Å²) in [7, 11) is 0. The van der Waals surface area contributed by atoms with E-state index in [-0.39, 0.29) is 11.0 Å². The van der Waals surface area contributed by atoms with E-state index in [9.17, 15) is 4.79 Å². The van der Waals surface area contributed by atoms with Crippen molar-refractivity contribution in [2.45, 2.75) is 12.5 Å². The average molecular weight is 240 g/mol. The van der Waals surface area contributed by atoms with Crippen LogP contribution in [0.5, 0.6) is 0 Å². The molecule has 0 radical (unpaired) electrons. The fourth-order valence-corrected chi connectivity index (χ4v) is 1.62. The molecule has 6 nitrogen and oxygen atoms in total. The summed E-state index contributed by atoms with van der Waals surface area (Å²) in [5.74, 6) is -0.972. The Balaban J connectivity index is 0.00000128. The summed E-state index contributed by atoms with van der Waals surface area (Å²) in [4.78, 5) is 13.7. The van der Waals surface area contributed by atoms with Crippen LogP contribution in [0, 0.1) is 0 Å². The third-order valence-electron chi connectivity index (χ3n) is 2.43. The number of H-pyrrole nitrogens is 1. The minimum atomic E-state index is -0.972. The Labute approximate surface area is 97.7 Å². The van der Waals surface area contributed by atoms with Crippen LogP contribution in [0.2, 0.25) is 0 Å². The first-order valence-corrected chi connectivity index (χ1v) is 4.72. The highest BCUT2D eigenvalue weighted by Crippen LogP contribution is 2.18. The van der Waals surface area contributed by atoms with E-state index in [4.69, 9.17) is 10.8 Å². The highest BCUT2D eigenvalue weighted by atomic mass is 16.4. The first kappa shape index (κ1) is 15.1. The zero-order valence-corrected chi connectivity index (χ0v) is 9.10. The lowest BCUT2D eigenvalue weighted by molar-refractivity contribution is -0.138. The van der Waals surface area contributed by atoms with Crippen molar-refractivity contribution in [3.05, 3.63) is 36.0 Å². The monoisotopic (exact) mass is 240 g/mol. The minimum absolute atomic E-state index is 0. The highest BCUT2D eigenvalue weighted by Gasteiger charge is 2.14. The van der Waals surface area contributed by atoms with Crippen molar-refractivity contribution in [2.24, 2.45) is 5.73 Å². The predicted molar refractivity (Wildman–Crippen MR) is 64.8 cm³/mol. The van der Waals surface area contributed by atoms with E-state index in [0.29, 0.717) is 6.42 Å². The fraction of sp³-hybridized carbons (Fsp3) is 0.182. The number of benzene rings is 1. The van der Waals surface area contributed by atoms with Crippen molar-refractivity contribution in [2.75, 3.05) is 0 Å². The number of para-hydroxylation sites is 1. The summed E-state index contributed by atoms with van der Waals surface area (Å²) in [6.45, 7) is 0. The van der Waals surface area contributed by atoms with Crippen LogP contribution < -0.4 is 5.73 Å². The summed E-state index contributed by atoms with van der Waals surface area (Å²) in [6.07, 6.45) is 2.16. The lowest BCUT2D eigenvalue weighted by Gasteiger charge is -2.04. The lowest BCUT2D eigenvalue weighted by Crippen LogP contribution is -2.32. The second kappa shape index (κ2) is 6.00. The van der Waals surface area contributed by atoms with E-state index in [1.165, 1.54) is 0 Å². The molecule has 0 aliphatic carbocycles. The topological polar surface area (TPSA) is 142 Å². The number of nitrogens with two attached hydrogens (primary N) is 1. The Kier molecular flexibility index (Phi) is 5.33. The van der Waals surface area contributed by atoms with Gasteiger partial charge in [0.2, 0.25) is 0 Å². The van der Waals surface area contributed by atoms with Gasteiger partial charge in [-0.05, 0) is 11.6 Å². The number of fused-ring (bicyclic) bond motifs is 1. The number of carboxylic acid groups (broad SMARTS) is 1. The second-order valence-corrected chi connectivity index (χ2v) is 3.51. The second-order valence-electron chi connectivity index (χ2n) is 3.51. The van der Waals surface area contributed by atoms with Crippen LogP contribution in [0.3, 0.4) is 0 Å². The van der Waals surface area contributed by atoms with E-state index in [1.54, 1.807) is 0 Å². The molecule has 1 aromatic heterocycles. The van der Waals surface area contributed by atoms with Gasteiger partial charge in [-0.3, -0.25) is 4.79 Å². The van der Waals surface area contributed by atoms with Gasteiger partial charge in [0, 0.05) is 23.5 Å². The minimum Gasteiger partial charge on any atom is -0.480 e. The van der Waals surface area contributed by atoms with Gasteiger partial charge in [-0.2, -0.15) is 0 Å². The first-order chi connectivity index (χ1) is 7.18. The van der Waals surface area contributed by atoms with Crippen molar-refractivity contribution in [1.29, 1.82) is 0 Å². The van der Waals surface area contributed by atoms with E-state index < -0.39 is 12.0 Å². The van der Waals surface area contributed by atoms with Crippen LogP contribution in [0.25, 0.3) is 10.9 Å². The van der Waals surface area contributed by atoms with Gasteiger partial charge < -0.3 is 26.8 Å². The molecule has 6 heteroatoms. The van der Waals surface area contributed by atoms with E-state index in [0.717, 1.165) is 16.5 Å². The number of rotatable bonds is 3. The number of hydrogen-bond acceptors (Lipinski definition) is 2. The maximum atomic E-state index is 10.6. The molecule has 0 amide bonds. The van der Waals surface area contributed by atoms with Gasteiger partial charge >= 0.3 is 5.97 Å². The van der Waals surface area contributed by atoms with E-state index in [2.05, 4.69) is 4.98 Å². The molecule has 17 heavy (non-hydrogen) atoms. The number of carbonyl (C=O) groups is 1. The smallest absolute Gasteiger partial charge is 0.320 e. The van der Waals surface area contributed by atoms with Gasteiger partial charge in [0.1, 0.15) is 6.04 Å². The SMILES string of the molecule is N[C@@H](Cc1c[nH]c2ccccc12)C(=O)O.O.O. The number of aromatic amines is 1. The van der Waals surface area contributed by atoms with Crippen molar-refractivity contribution in [3.8, 4) is 0 Å². The molecule has 0 bridgehead atoms.